The summed E-state index contributed by atoms with van der Waals surface area (Å²) in [6.07, 6.45) is -0.268. The summed E-state index contributed by atoms with van der Waals surface area (Å²) in [5, 5.41) is 9.17. The quantitative estimate of drug-likeness (QED) is 0.912. The third-order valence-electron chi connectivity index (χ3n) is 3.39. The van der Waals surface area contributed by atoms with Crippen molar-refractivity contribution in [2.75, 3.05) is 13.2 Å². The topological polar surface area (TPSA) is 66.8 Å². The Hall–Kier alpha value is -0.730. The summed E-state index contributed by atoms with van der Waals surface area (Å²) >= 11 is 5.83. The van der Waals surface area contributed by atoms with E-state index in [1.54, 1.807) is 13.8 Å². The molecule has 8 heteroatoms. The molecular weight excluding hydrogens is 321 g/mol. The number of benzene rings is 1. The third kappa shape index (κ3) is 3.22. The summed E-state index contributed by atoms with van der Waals surface area (Å²) in [4.78, 5) is -0.514. The number of hydrogen-bond donors (Lipinski definition) is 1. The molecule has 0 bridgehead atoms. The molecule has 118 valence electrons. The summed E-state index contributed by atoms with van der Waals surface area (Å²) < 4.78 is 46.2. The lowest BCUT2D eigenvalue weighted by Gasteiger charge is -2.35. The molecule has 5 nitrogen and oxygen atoms in total. The van der Waals surface area contributed by atoms with E-state index in [1.165, 1.54) is 10.4 Å². The number of morpholine rings is 1. The van der Waals surface area contributed by atoms with E-state index in [0.29, 0.717) is 0 Å². The first-order valence-corrected chi connectivity index (χ1v) is 8.31. The van der Waals surface area contributed by atoms with Crippen molar-refractivity contribution in [2.24, 2.45) is 0 Å². The fourth-order valence-corrected chi connectivity index (χ4v) is 4.39. The molecule has 1 aliphatic heterocycles. The second kappa shape index (κ2) is 6.18. The molecule has 0 radical (unpaired) electrons. The molecule has 0 aromatic heterocycles. The van der Waals surface area contributed by atoms with Crippen LogP contribution in [0.25, 0.3) is 0 Å². The normalized spacial score (nSPS) is 24.2. The number of aliphatic hydroxyl groups is 1. The maximum atomic E-state index is 14.3. The molecule has 1 N–H and O–H groups in total. The zero-order chi connectivity index (χ0) is 15.8. The van der Waals surface area contributed by atoms with Gasteiger partial charge in [-0.2, -0.15) is 4.31 Å². The van der Waals surface area contributed by atoms with Gasteiger partial charge in [-0.3, -0.25) is 0 Å². The third-order valence-corrected chi connectivity index (χ3v) is 5.58. The van der Waals surface area contributed by atoms with Gasteiger partial charge in [-0.1, -0.05) is 11.6 Å². The van der Waals surface area contributed by atoms with Crippen LogP contribution in [0, 0.1) is 5.82 Å². The van der Waals surface area contributed by atoms with Gasteiger partial charge in [0.1, 0.15) is 10.7 Å². The van der Waals surface area contributed by atoms with Crippen molar-refractivity contribution in [2.45, 2.75) is 37.5 Å². The zero-order valence-corrected chi connectivity index (χ0v) is 13.3. The summed E-state index contributed by atoms with van der Waals surface area (Å²) in [5.74, 6) is -0.965. The highest BCUT2D eigenvalue weighted by atomic mass is 35.5. The summed E-state index contributed by atoms with van der Waals surface area (Å²) in [6.45, 7) is 3.21. The second-order valence-corrected chi connectivity index (χ2v) is 7.40. The first-order chi connectivity index (χ1) is 9.77. The Morgan fingerprint density at radius 3 is 2.76 bits per heavy atom. The fraction of sp³-hybridized carbons (Fsp3) is 0.538. The van der Waals surface area contributed by atoms with Crippen LogP contribution < -0.4 is 0 Å². The van der Waals surface area contributed by atoms with Crippen LogP contribution in [0.15, 0.2) is 17.0 Å². The highest BCUT2D eigenvalue weighted by Crippen LogP contribution is 2.29. The van der Waals surface area contributed by atoms with Crippen molar-refractivity contribution < 1.29 is 22.7 Å². The first kappa shape index (κ1) is 16.6. The SMILES string of the molecule is CC1CN(S(=O)(=O)c2cc(Cl)cc(CO)c2F)C(C)CO1. The average Bonchev–Trinajstić information content (AvgIpc) is 2.43. The van der Waals surface area contributed by atoms with Crippen LogP contribution in [0.1, 0.15) is 19.4 Å². The van der Waals surface area contributed by atoms with E-state index in [0.717, 1.165) is 6.07 Å². The van der Waals surface area contributed by atoms with Crippen molar-refractivity contribution in [3.63, 3.8) is 0 Å². The summed E-state index contributed by atoms with van der Waals surface area (Å²) in [5.41, 5.74) is -0.143. The Bertz CT molecular complexity index is 637. The van der Waals surface area contributed by atoms with Gasteiger partial charge in [0.2, 0.25) is 10.0 Å². The van der Waals surface area contributed by atoms with Gasteiger partial charge in [-0.25, -0.2) is 12.8 Å². The van der Waals surface area contributed by atoms with Gasteiger partial charge < -0.3 is 9.84 Å². The molecule has 21 heavy (non-hydrogen) atoms. The lowest BCUT2D eigenvalue weighted by molar-refractivity contribution is -0.0171. The Kier molecular flexibility index (Phi) is 4.89. The number of sulfonamides is 1. The predicted molar refractivity (Wildman–Crippen MR) is 76.1 cm³/mol. The average molecular weight is 338 g/mol. The number of nitrogens with zero attached hydrogens (tertiary/aromatic N) is 1. The molecule has 1 aliphatic rings. The second-order valence-electron chi connectivity index (χ2n) is 5.10. The highest BCUT2D eigenvalue weighted by Gasteiger charge is 2.36. The molecule has 0 aliphatic carbocycles. The van der Waals surface area contributed by atoms with E-state index in [1.807, 2.05) is 0 Å². The summed E-state index contributed by atoms with van der Waals surface area (Å²) in [7, 11) is -4.05. The van der Waals surface area contributed by atoms with Crippen LogP contribution in [0.5, 0.6) is 0 Å². The van der Waals surface area contributed by atoms with Gasteiger partial charge in [-0.05, 0) is 26.0 Å². The molecule has 0 amide bonds. The molecule has 1 heterocycles. The van der Waals surface area contributed by atoms with Crippen molar-refractivity contribution >= 4 is 21.6 Å². The maximum Gasteiger partial charge on any atom is 0.246 e. The largest absolute Gasteiger partial charge is 0.392 e. The molecule has 1 aromatic rings. The van der Waals surface area contributed by atoms with Crippen molar-refractivity contribution in [1.29, 1.82) is 0 Å². The van der Waals surface area contributed by atoms with E-state index in [-0.39, 0.29) is 29.8 Å². The lowest BCUT2D eigenvalue weighted by atomic mass is 10.2. The van der Waals surface area contributed by atoms with Gasteiger partial charge in [0.05, 0.1) is 19.3 Å². The van der Waals surface area contributed by atoms with E-state index >= 15 is 0 Å². The van der Waals surface area contributed by atoms with E-state index in [9.17, 15) is 12.8 Å². The van der Waals surface area contributed by atoms with Crippen LogP contribution in [0.4, 0.5) is 4.39 Å². The van der Waals surface area contributed by atoms with Crippen LogP contribution in [-0.4, -0.2) is 43.1 Å². The molecule has 1 saturated heterocycles. The fourth-order valence-electron chi connectivity index (χ4n) is 2.26. The van der Waals surface area contributed by atoms with Crippen LogP contribution in [-0.2, 0) is 21.4 Å². The minimum Gasteiger partial charge on any atom is -0.392 e. The van der Waals surface area contributed by atoms with Gasteiger partial charge in [0.25, 0.3) is 0 Å². The Morgan fingerprint density at radius 2 is 2.14 bits per heavy atom. The maximum absolute atomic E-state index is 14.3. The zero-order valence-electron chi connectivity index (χ0n) is 11.7. The smallest absolute Gasteiger partial charge is 0.246 e. The van der Waals surface area contributed by atoms with Gasteiger partial charge in [-0.15, -0.1) is 0 Å². The Morgan fingerprint density at radius 1 is 1.48 bits per heavy atom. The number of rotatable bonds is 3. The number of halogens is 2. The molecule has 2 unspecified atom stereocenters. The van der Waals surface area contributed by atoms with Crippen molar-refractivity contribution in [1.82, 2.24) is 4.31 Å². The van der Waals surface area contributed by atoms with Gasteiger partial charge in [0.15, 0.2) is 0 Å². The number of aliphatic hydroxyl groups excluding tert-OH is 1. The highest BCUT2D eigenvalue weighted by molar-refractivity contribution is 7.89. The molecule has 2 rings (SSSR count). The van der Waals surface area contributed by atoms with Gasteiger partial charge in [0, 0.05) is 23.2 Å². The van der Waals surface area contributed by atoms with Crippen LogP contribution >= 0.6 is 11.6 Å². The Balaban J connectivity index is 2.51. The standard InChI is InChI=1S/C13H17ClFNO4S/c1-8-7-20-9(2)5-16(8)21(18,19)12-4-11(14)3-10(6-17)13(12)15/h3-4,8-9,17H,5-7H2,1-2H3. The van der Waals surface area contributed by atoms with E-state index in [2.05, 4.69) is 0 Å². The minimum atomic E-state index is -4.05. The predicted octanol–water partition coefficient (Wildman–Crippen LogP) is 1.77. The first-order valence-electron chi connectivity index (χ1n) is 6.49. The minimum absolute atomic E-state index is 0.0629. The summed E-state index contributed by atoms with van der Waals surface area (Å²) in [6, 6.07) is 1.88. The number of ether oxygens (including phenoxy) is 1. The monoisotopic (exact) mass is 337 g/mol. The van der Waals surface area contributed by atoms with E-state index < -0.39 is 33.4 Å². The molecule has 0 saturated carbocycles. The molecular formula is C13H17ClFNO4S. The lowest BCUT2D eigenvalue weighted by Crippen LogP contribution is -2.50. The molecule has 1 aromatic carbocycles. The molecule has 2 atom stereocenters. The van der Waals surface area contributed by atoms with Crippen LogP contribution in [0.3, 0.4) is 0 Å². The molecule has 1 fully saturated rings. The van der Waals surface area contributed by atoms with Gasteiger partial charge >= 0.3 is 0 Å². The van der Waals surface area contributed by atoms with Crippen molar-refractivity contribution in [3.05, 3.63) is 28.5 Å². The van der Waals surface area contributed by atoms with Crippen LogP contribution in [0.2, 0.25) is 5.02 Å². The number of hydrogen-bond acceptors (Lipinski definition) is 4. The van der Waals surface area contributed by atoms with Crippen molar-refractivity contribution in [3.8, 4) is 0 Å². The van der Waals surface area contributed by atoms with E-state index in [4.69, 9.17) is 21.4 Å². The Labute approximate surface area is 128 Å². The molecule has 0 spiro atoms.